The predicted molar refractivity (Wildman–Crippen MR) is 73.5 cm³/mol. The van der Waals surface area contributed by atoms with Crippen molar-refractivity contribution < 1.29 is 9.59 Å². The molecule has 7 heteroatoms. The highest BCUT2D eigenvalue weighted by atomic mass is 35.5. The minimum atomic E-state index is -0.607. The van der Waals surface area contributed by atoms with E-state index in [0.29, 0.717) is 17.1 Å². The summed E-state index contributed by atoms with van der Waals surface area (Å²) in [5.74, 6) is -0.305. The molecule has 20 heavy (non-hydrogen) atoms. The number of anilines is 1. The fourth-order valence-electron chi connectivity index (χ4n) is 2.14. The SMILES string of the molecule is O=C1NC(Cc2c[nH]cn2)C(=O)N1c1cccc(Cl)c1. The van der Waals surface area contributed by atoms with Gasteiger partial charge in [-0.2, -0.15) is 0 Å². The Morgan fingerprint density at radius 1 is 1.35 bits per heavy atom. The molecule has 6 nitrogen and oxygen atoms in total. The van der Waals surface area contributed by atoms with E-state index in [2.05, 4.69) is 15.3 Å². The molecule has 2 N–H and O–H groups in total. The summed E-state index contributed by atoms with van der Waals surface area (Å²) in [7, 11) is 0. The van der Waals surface area contributed by atoms with Crippen LogP contribution in [-0.2, 0) is 11.2 Å². The van der Waals surface area contributed by atoms with Gasteiger partial charge in [0, 0.05) is 17.6 Å². The molecule has 0 bridgehead atoms. The maximum Gasteiger partial charge on any atom is 0.329 e. The van der Waals surface area contributed by atoms with E-state index in [4.69, 9.17) is 11.6 Å². The van der Waals surface area contributed by atoms with E-state index in [1.54, 1.807) is 30.5 Å². The minimum Gasteiger partial charge on any atom is -0.351 e. The number of carbonyl (C=O) groups excluding carboxylic acids is 2. The van der Waals surface area contributed by atoms with E-state index in [1.807, 2.05) is 0 Å². The molecule has 0 aliphatic carbocycles. The van der Waals surface area contributed by atoms with Gasteiger partial charge in [-0.15, -0.1) is 0 Å². The number of imide groups is 1. The van der Waals surface area contributed by atoms with Gasteiger partial charge < -0.3 is 10.3 Å². The highest BCUT2D eigenvalue weighted by Gasteiger charge is 2.39. The third-order valence-electron chi connectivity index (χ3n) is 3.05. The molecule has 102 valence electrons. The average Bonchev–Trinajstić information content (AvgIpc) is 2.99. The summed E-state index contributed by atoms with van der Waals surface area (Å²) in [6, 6.07) is 5.57. The Bertz CT molecular complexity index is 656. The number of halogens is 1. The van der Waals surface area contributed by atoms with Crippen molar-refractivity contribution in [1.82, 2.24) is 15.3 Å². The first-order valence-electron chi connectivity index (χ1n) is 6.03. The lowest BCUT2D eigenvalue weighted by atomic mass is 10.1. The van der Waals surface area contributed by atoms with Crippen molar-refractivity contribution in [3.63, 3.8) is 0 Å². The number of benzene rings is 1. The summed E-state index contributed by atoms with van der Waals surface area (Å²) in [5.41, 5.74) is 1.18. The van der Waals surface area contributed by atoms with Crippen LogP contribution in [0, 0.1) is 0 Å². The average molecular weight is 291 g/mol. The maximum atomic E-state index is 12.3. The van der Waals surface area contributed by atoms with Crippen molar-refractivity contribution in [3.05, 3.63) is 47.5 Å². The van der Waals surface area contributed by atoms with Crippen molar-refractivity contribution in [1.29, 1.82) is 0 Å². The van der Waals surface area contributed by atoms with E-state index in [9.17, 15) is 9.59 Å². The van der Waals surface area contributed by atoms with Crippen LogP contribution in [0.2, 0.25) is 5.02 Å². The number of nitrogens with one attached hydrogen (secondary N) is 2. The maximum absolute atomic E-state index is 12.3. The van der Waals surface area contributed by atoms with Crippen molar-refractivity contribution in [2.75, 3.05) is 4.90 Å². The zero-order chi connectivity index (χ0) is 14.1. The number of hydrogen-bond acceptors (Lipinski definition) is 3. The summed E-state index contributed by atoms with van der Waals surface area (Å²) in [5, 5.41) is 3.12. The lowest BCUT2D eigenvalue weighted by Gasteiger charge is -2.12. The van der Waals surface area contributed by atoms with Crippen molar-refractivity contribution in [3.8, 4) is 0 Å². The van der Waals surface area contributed by atoms with Crippen LogP contribution in [0.5, 0.6) is 0 Å². The first kappa shape index (κ1) is 12.7. The Labute approximate surface area is 119 Å². The molecular formula is C13H11ClN4O2. The fraction of sp³-hybridized carbons (Fsp3) is 0.154. The van der Waals surface area contributed by atoms with Gasteiger partial charge in [0.05, 0.1) is 17.7 Å². The molecule has 1 aliphatic rings. The number of nitrogens with zero attached hydrogens (tertiary/aromatic N) is 2. The number of amides is 3. The molecular weight excluding hydrogens is 280 g/mol. The standard InChI is InChI=1S/C13H11ClN4O2/c14-8-2-1-3-10(4-8)18-12(19)11(17-13(18)20)5-9-6-15-7-16-9/h1-4,6-7,11H,5H2,(H,15,16)(H,17,20). The van der Waals surface area contributed by atoms with Gasteiger partial charge in [-0.3, -0.25) is 4.79 Å². The minimum absolute atomic E-state index is 0.305. The van der Waals surface area contributed by atoms with Crippen molar-refractivity contribution in [2.24, 2.45) is 0 Å². The van der Waals surface area contributed by atoms with Crippen molar-refractivity contribution in [2.45, 2.75) is 12.5 Å². The number of H-pyrrole nitrogens is 1. The molecule has 1 aliphatic heterocycles. The lowest BCUT2D eigenvalue weighted by Crippen LogP contribution is -2.32. The Hall–Kier alpha value is -2.34. The van der Waals surface area contributed by atoms with E-state index >= 15 is 0 Å². The van der Waals surface area contributed by atoms with Crippen LogP contribution >= 0.6 is 11.6 Å². The highest BCUT2D eigenvalue weighted by molar-refractivity contribution is 6.31. The number of aromatic nitrogens is 2. The van der Waals surface area contributed by atoms with Crippen LogP contribution in [0.1, 0.15) is 5.69 Å². The molecule has 1 unspecified atom stereocenters. The molecule has 1 saturated heterocycles. The van der Waals surface area contributed by atoms with Gasteiger partial charge >= 0.3 is 6.03 Å². The molecule has 1 aromatic heterocycles. The number of aromatic amines is 1. The first-order valence-corrected chi connectivity index (χ1v) is 6.40. The van der Waals surface area contributed by atoms with Gasteiger partial charge in [-0.25, -0.2) is 14.7 Å². The number of urea groups is 1. The van der Waals surface area contributed by atoms with E-state index in [1.165, 1.54) is 6.33 Å². The molecule has 3 rings (SSSR count). The quantitative estimate of drug-likeness (QED) is 0.845. The summed E-state index contributed by atoms with van der Waals surface area (Å²) >= 11 is 5.89. The number of rotatable bonds is 3. The van der Waals surface area contributed by atoms with Crippen LogP contribution in [0.4, 0.5) is 10.5 Å². The number of imidazole rings is 1. The van der Waals surface area contributed by atoms with Gasteiger partial charge in [0.15, 0.2) is 0 Å². The lowest BCUT2D eigenvalue weighted by molar-refractivity contribution is -0.118. The van der Waals surface area contributed by atoms with E-state index < -0.39 is 12.1 Å². The first-order chi connectivity index (χ1) is 9.65. The van der Waals surface area contributed by atoms with Gasteiger partial charge in [0.25, 0.3) is 5.91 Å². The van der Waals surface area contributed by atoms with Crippen LogP contribution in [0.25, 0.3) is 0 Å². The third-order valence-corrected chi connectivity index (χ3v) is 3.29. The zero-order valence-corrected chi connectivity index (χ0v) is 11.1. The van der Waals surface area contributed by atoms with Gasteiger partial charge in [0.2, 0.25) is 0 Å². The van der Waals surface area contributed by atoms with E-state index in [-0.39, 0.29) is 5.91 Å². The molecule has 2 heterocycles. The van der Waals surface area contributed by atoms with Gasteiger partial charge in [-0.1, -0.05) is 17.7 Å². The molecule has 1 fully saturated rings. The van der Waals surface area contributed by atoms with E-state index in [0.717, 1.165) is 10.6 Å². The second-order valence-electron chi connectivity index (χ2n) is 4.42. The normalized spacial score (nSPS) is 18.4. The predicted octanol–water partition coefficient (Wildman–Crippen LogP) is 1.73. The third kappa shape index (κ3) is 2.25. The summed E-state index contributed by atoms with van der Waals surface area (Å²) < 4.78 is 0. The molecule has 2 aromatic rings. The molecule has 0 radical (unpaired) electrons. The topological polar surface area (TPSA) is 78.1 Å². The fourth-order valence-corrected chi connectivity index (χ4v) is 2.33. The Morgan fingerprint density at radius 2 is 2.20 bits per heavy atom. The second-order valence-corrected chi connectivity index (χ2v) is 4.86. The van der Waals surface area contributed by atoms with Gasteiger partial charge in [0.1, 0.15) is 6.04 Å². The second kappa shape index (κ2) is 4.97. The number of carbonyl (C=O) groups is 2. The van der Waals surface area contributed by atoms with Crippen molar-refractivity contribution >= 4 is 29.2 Å². The van der Waals surface area contributed by atoms with Gasteiger partial charge in [-0.05, 0) is 18.2 Å². The number of hydrogen-bond donors (Lipinski definition) is 2. The molecule has 3 amide bonds. The smallest absolute Gasteiger partial charge is 0.329 e. The summed E-state index contributed by atoms with van der Waals surface area (Å²) in [6.07, 6.45) is 3.58. The molecule has 1 atom stereocenters. The van der Waals surface area contributed by atoms with Crippen LogP contribution in [0.3, 0.4) is 0 Å². The Morgan fingerprint density at radius 3 is 2.90 bits per heavy atom. The Kier molecular flexibility index (Phi) is 3.15. The summed E-state index contributed by atoms with van der Waals surface area (Å²) in [4.78, 5) is 32.2. The Balaban J connectivity index is 1.83. The highest BCUT2D eigenvalue weighted by Crippen LogP contribution is 2.23. The van der Waals surface area contributed by atoms with Crippen LogP contribution in [-0.4, -0.2) is 27.9 Å². The summed E-state index contributed by atoms with van der Waals surface area (Å²) in [6.45, 7) is 0. The monoisotopic (exact) mass is 290 g/mol. The largest absolute Gasteiger partial charge is 0.351 e. The van der Waals surface area contributed by atoms with Crippen LogP contribution < -0.4 is 10.2 Å². The molecule has 1 aromatic carbocycles. The van der Waals surface area contributed by atoms with Crippen LogP contribution in [0.15, 0.2) is 36.8 Å². The zero-order valence-electron chi connectivity index (χ0n) is 10.3. The molecule has 0 saturated carbocycles. The molecule has 0 spiro atoms.